The summed E-state index contributed by atoms with van der Waals surface area (Å²) >= 11 is 11.8. The van der Waals surface area contributed by atoms with Crippen molar-refractivity contribution >= 4 is 39.1 Å². The van der Waals surface area contributed by atoms with E-state index in [0.29, 0.717) is 35.3 Å². The average molecular weight is 457 g/mol. The molecule has 0 fully saturated rings. The molecule has 0 aliphatic carbocycles. The third-order valence-electron chi connectivity index (χ3n) is 4.64. The van der Waals surface area contributed by atoms with Crippen molar-refractivity contribution in [3.05, 3.63) is 63.6 Å². The number of benzene rings is 2. The number of hydrogen-bond acceptors (Lipinski definition) is 4. The van der Waals surface area contributed by atoms with E-state index in [2.05, 4.69) is 5.32 Å². The molecule has 29 heavy (non-hydrogen) atoms. The molecule has 1 heterocycles. The Kier molecular flexibility index (Phi) is 7.40. The van der Waals surface area contributed by atoms with Crippen molar-refractivity contribution in [2.75, 3.05) is 25.4 Å². The van der Waals surface area contributed by atoms with Crippen LogP contribution in [-0.2, 0) is 27.8 Å². The Hall–Kier alpha value is -1.80. The highest BCUT2D eigenvalue weighted by Crippen LogP contribution is 2.27. The van der Waals surface area contributed by atoms with Gasteiger partial charge in [-0.05, 0) is 42.2 Å². The first-order valence-corrected chi connectivity index (χ1v) is 11.6. The number of hydrogen-bond donors (Lipinski definition) is 1. The lowest BCUT2D eigenvalue weighted by atomic mass is 10.0. The molecule has 0 atom stereocenters. The van der Waals surface area contributed by atoms with Crippen LogP contribution in [0.15, 0.2) is 42.5 Å². The van der Waals surface area contributed by atoms with Crippen molar-refractivity contribution in [3.8, 4) is 5.75 Å². The summed E-state index contributed by atoms with van der Waals surface area (Å²) in [5.41, 5.74) is 2.25. The quantitative estimate of drug-likeness (QED) is 0.618. The molecule has 2 aromatic carbocycles. The number of sulfonamides is 1. The molecule has 0 aromatic heterocycles. The highest BCUT2D eigenvalue weighted by atomic mass is 35.5. The monoisotopic (exact) mass is 456 g/mol. The highest BCUT2D eigenvalue weighted by molar-refractivity contribution is 7.89. The zero-order valence-corrected chi connectivity index (χ0v) is 18.1. The van der Waals surface area contributed by atoms with Gasteiger partial charge in [0, 0.05) is 24.7 Å². The van der Waals surface area contributed by atoms with E-state index in [0.717, 1.165) is 12.0 Å². The maximum atomic E-state index is 12.6. The summed E-state index contributed by atoms with van der Waals surface area (Å²) in [6.07, 6.45) is 1.05. The zero-order chi connectivity index (χ0) is 20.9. The Morgan fingerprint density at radius 1 is 1.14 bits per heavy atom. The first kappa shape index (κ1) is 21.9. The lowest BCUT2D eigenvalue weighted by molar-refractivity contribution is -0.123. The first-order chi connectivity index (χ1) is 13.8. The van der Waals surface area contributed by atoms with Gasteiger partial charge in [-0.25, -0.2) is 8.42 Å². The van der Waals surface area contributed by atoms with E-state index in [9.17, 15) is 13.2 Å². The lowest BCUT2D eigenvalue weighted by Crippen LogP contribution is -2.38. The van der Waals surface area contributed by atoms with Gasteiger partial charge in [0.05, 0.1) is 10.8 Å². The topological polar surface area (TPSA) is 75.7 Å². The molecule has 0 saturated heterocycles. The maximum Gasteiger partial charge on any atom is 0.257 e. The van der Waals surface area contributed by atoms with Gasteiger partial charge in [-0.3, -0.25) is 4.79 Å². The van der Waals surface area contributed by atoms with E-state index in [1.807, 2.05) is 24.3 Å². The van der Waals surface area contributed by atoms with Gasteiger partial charge in [0.25, 0.3) is 5.91 Å². The number of rotatable bonds is 8. The van der Waals surface area contributed by atoms with Crippen molar-refractivity contribution < 1.29 is 17.9 Å². The Morgan fingerprint density at radius 3 is 2.66 bits per heavy atom. The number of ether oxygens (including phenoxy) is 1. The third kappa shape index (κ3) is 6.09. The van der Waals surface area contributed by atoms with Crippen molar-refractivity contribution in [1.29, 1.82) is 0 Å². The van der Waals surface area contributed by atoms with Crippen LogP contribution in [0.2, 0.25) is 10.0 Å². The molecule has 0 spiro atoms. The summed E-state index contributed by atoms with van der Waals surface area (Å²) in [5.74, 6) is -0.00115. The molecule has 0 unspecified atom stereocenters. The van der Waals surface area contributed by atoms with Crippen LogP contribution in [0.4, 0.5) is 0 Å². The van der Waals surface area contributed by atoms with Crippen LogP contribution in [0.3, 0.4) is 0 Å². The molecular formula is C20H22Cl2N2O4S. The molecule has 0 saturated carbocycles. The predicted octanol–water partition coefficient (Wildman–Crippen LogP) is 3.27. The summed E-state index contributed by atoms with van der Waals surface area (Å²) < 4.78 is 32.0. The summed E-state index contributed by atoms with van der Waals surface area (Å²) in [5, 5.41) is 3.45. The number of halogens is 2. The van der Waals surface area contributed by atoms with E-state index in [4.69, 9.17) is 27.9 Å². The molecule has 0 radical (unpaired) electrons. The minimum atomic E-state index is -3.37. The summed E-state index contributed by atoms with van der Waals surface area (Å²) in [7, 11) is -3.37. The van der Waals surface area contributed by atoms with E-state index in [1.165, 1.54) is 15.9 Å². The van der Waals surface area contributed by atoms with Crippen molar-refractivity contribution in [3.63, 3.8) is 0 Å². The SMILES string of the molecule is O=C(COc1ccc(Cl)cc1Cl)NCCCS(=O)(=O)N1CCc2ccccc2C1. The normalized spacial score (nSPS) is 14.3. The fraction of sp³-hybridized carbons (Fsp3) is 0.350. The van der Waals surface area contributed by atoms with E-state index in [1.54, 1.807) is 12.1 Å². The maximum absolute atomic E-state index is 12.6. The van der Waals surface area contributed by atoms with Crippen molar-refractivity contribution in [1.82, 2.24) is 9.62 Å². The van der Waals surface area contributed by atoms with Gasteiger partial charge in [-0.1, -0.05) is 47.5 Å². The molecule has 1 amide bonds. The van der Waals surface area contributed by atoms with E-state index >= 15 is 0 Å². The Bertz CT molecular complexity index is 982. The van der Waals surface area contributed by atoms with Gasteiger partial charge in [0.15, 0.2) is 6.61 Å². The number of carbonyl (C=O) groups is 1. The minimum absolute atomic E-state index is 0.0146. The number of nitrogens with one attached hydrogen (secondary N) is 1. The second-order valence-corrected chi connectivity index (χ2v) is 9.67. The highest BCUT2D eigenvalue weighted by Gasteiger charge is 2.26. The molecule has 0 bridgehead atoms. The van der Waals surface area contributed by atoms with Gasteiger partial charge in [-0.15, -0.1) is 0 Å². The van der Waals surface area contributed by atoms with Crippen molar-refractivity contribution in [2.24, 2.45) is 0 Å². The van der Waals surface area contributed by atoms with Gasteiger partial charge in [0.2, 0.25) is 10.0 Å². The minimum Gasteiger partial charge on any atom is -0.482 e. The average Bonchev–Trinajstić information content (AvgIpc) is 2.70. The second kappa shape index (κ2) is 9.80. The smallest absolute Gasteiger partial charge is 0.257 e. The van der Waals surface area contributed by atoms with E-state index < -0.39 is 10.0 Å². The van der Waals surface area contributed by atoms with Gasteiger partial charge in [0.1, 0.15) is 5.75 Å². The van der Waals surface area contributed by atoms with Crippen molar-refractivity contribution in [2.45, 2.75) is 19.4 Å². The molecule has 156 valence electrons. The van der Waals surface area contributed by atoms with Crippen LogP contribution >= 0.6 is 23.2 Å². The Morgan fingerprint density at radius 2 is 1.90 bits per heavy atom. The number of carbonyl (C=O) groups excluding carboxylic acids is 1. The molecular weight excluding hydrogens is 435 g/mol. The lowest BCUT2D eigenvalue weighted by Gasteiger charge is -2.28. The summed E-state index contributed by atoms with van der Waals surface area (Å²) in [6.45, 7) is 0.930. The molecule has 9 heteroatoms. The summed E-state index contributed by atoms with van der Waals surface area (Å²) in [4.78, 5) is 11.9. The summed E-state index contributed by atoms with van der Waals surface area (Å²) in [6, 6.07) is 12.6. The largest absolute Gasteiger partial charge is 0.482 e. The zero-order valence-electron chi connectivity index (χ0n) is 15.7. The van der Waals surface area contributed by atoms with Crippen LogP contribution < -0.4 is 10.1 Å². The van der Waals surface area contributed by atoms with Gasteiger partial charge < -0.3 is 10.1 Å². The number of nitrogens with zero attached hydrogens (tertiary/aromatic N) is 1. The fourth-order valence-electron chi connectivity index (χ4n) is 3.11. The second-order valence-electron chi connectivity index (χ2n) is 6.74. The predicted molar refractivity (Wildman–Crippen MR) is 114 cm³/mol. The molecule has 1 aliphatic rings. The van der Waals surface area contributed by atoms with Crippen LogP contribution in [0.5, 0.6) is 5.75 Å². The Labute approximate surface area is 180 Å². The van der Waals surface area contributed by atoms with Crippen LogP contribution in [-0.4, -0.2) is 44.1 Å². The number of amides is 1. The van der Waals surface area contributed by atoms with Crippen LogP contribution in [0, 0.1) is 0 Å². The molecule has 6 nitrogen and oxygen atoms in total. The standard InChI is InChI=1S/C20H22Cl2N2O4S/c21-17-6-7-19(18(22)12-17)28-14-20(25)23-9-3-11-29(26,27)24-10-8-15-4-1-2-5-16(15)13-24/h1-2,4-7,12H,3,8-11,13-14H2,(H,23,25). The van der Waals surface area contributed by atoms with E-state index in [-0.39, 0.29) is 24.8 Å². The number of fused-ring (bicyclic) bond motifs is 1. The Balaban J connectivity index is 1.40. The molecule has 2 aromatic rings. The van der Waals surface area contributed by atoms with Gasteiger partial charge >= 0.3 is 0 Å². The fourth-order valence-corrected chi connectivity index (χ4v) is 5.04. The van der Waals surface area contributed by atoms with Crippen LogP contribution in [0.1, 0.15) is 17.5 Å². The molecule has 1 aliphatic heterocycles. The van der Waals surface area contributed by atoms with Gasteiger partial charge in [-0.2, -0.15) is 4.31 Å². The molecule has 3 rings (SSSR count). The van der Waals surface area contributed by atoms with Crippen LogP contribution in [0.25, 0.3) is 0 Å². The third-order valence-corrected chi connectivity index (χ3v) is 7.08. The first-order valence-electron chi connectivity index (χ1n) is 9.24. The molecule has 1 N–H and O–H groups in total.